The topological polar surface area (TPSA) is 58.6 Å². The minimum absolute atomic E-state index is 0.0132. The molecule has 0 spiro atoms. The molecule has 0 aliphatic rings. The second-order valence-corrected chi connectivity index (χ2v) is 5.93. The minimum atomic E-state index is -0.243. The summed E-state index contributed by atoms with van der Waals surface area (Å²) >= 11 is 0. The number of carbonyl (C=O) groups is 2. The van der Waals surface area contributed by atoms with Crippen LogP contribution in [0.3, 0.4) is 0 Å². The van der Waals surface area contributed by atoms with Gasteiger partial charge in [0.1, 0.15) is 5.75 Å². The quantitative estimate of drug-likeness (QED) is 0.843. The van der Waals surface area contributed by atoms with Crippen LogP contribution < -0.4 is 10.1 Å². The molecule has 0 heterocycles. The summed E-state index contributed by atoms with van der Waals surface area (Å²) in [7, 11) is 1.56. The van der Waals surface area contributed by atoms with Crippen LogP contribution in [0.5, 0.6) is 5.75 Å². The average Bonchev–Trinajstić information content (AvgIpc) is 2.59. The van der Waals surface area contributed by atoms with Gasteiger partial charge in [-0.25, -0.2) is 0 Å². The number of hydrogen-bond acceptors (Lipinski definition) is 3. The van der Waals surface area contributed by atoms with Gasteiger partial charge in [0.05, 0.1) is 19.3 Å². The fraction of sp³-hybridized carbons (Fsp3) is 0.300. The Morgan fingerprint density at radius 3 is 2.48 bits per heavy atom. The van der Waals surface area contributed by atoms with E-state index in [1.807, 2.05) is 55.5 Å². The van der Waals surface area contributed by atoms with Crippen LogP contribution >= 0.6 is 0 Å². The van der Waals surface area contributed by atoms with Gasteiger partial charge in [0, 0.05) is 13.5 Å². The molecular formula is C20H24N2O3. The van der Waals surface area contributed by atoms with Crippen LogP contribution in [0.1, 0.15) is 18.1 Å². The number of nitrogens with zero attached hydrogens (tertiary/aromatic N) is 1. The fourth-order valence-corrected chi connectivity index (χ4v) is 2.54. The Kier molecular flexibility index (Phi) is 6.57. The molecule has 5 heteroatoms. The predicted octanol–water partition coefficient (Wildman–Crippen LogP) is 3.03. The predicted molar refractivity (Wildman–Crippen MR) is 98.8 cm³/mol. The molecule has 1 N–H and O–H groups in total. The van der Waals surface area contributed by atoms with Gasteiger partial charge in [0.25, 0.3) is 0 Å². The SMILES string of the molecule is COc1ccc(C)cc1NC(=O)CN(CCc1ccccc1)C(C)=O. The molecule has 2 aromatic carbocycles. The Hall–Kier alpha value is -2.82. The molecule has 0 atom stereocenters. The molecule has 0 unspecified atom stereocenters. The van der Waals surface area contributed by atoms with Crippen molar-refractivity contribution in [2.24, 2.45) is 0 Å². The number of rotatable bonds is 7. The molecule has 0 fully saturated rings. The molecule has 0 saturated heterocycles. The molecule has 2 aromatic rings. The first-order valence-electron chi connectivity index (χ1n) is 8.23. The summed E-state index contributed by atoms with van der Waals surface area (Å²) < 4.78 is 5.26. The van der Waals surface area contributed by atoms with E-state index in [4.69, 9.17) is 4.74 Å². The highest BCUT2D eigenvalue weighted by atomic mass is 16.5. The van der Waals surface area contributed by atoms with Gasteiger partial charge in [0.2, 0.25) is 11.8 Å². The van der Waals surface area contributed by atoms with Crippen molar-refractivity contribution in [2.45, 2.75) is 20.3 Å². The normalized spacial score (nSPS) is 10.2. The Bertz CT molecular complexity index is 729. The summed E-state index contributed by atoms with van der Waals surface area (Å²) in [4.78, 5) is 25.8. The first-order valence-corrected chi connectivity index (χ1v) is 8.23. The number of carbonyl (C=O) groups excluding carboxylic acids is 2. The lowest BCUT2D eigenvalue weighted by Crippen LogP contribution is -2.38. The third-order valence-electron chi connectivity index (χ3n) is 3.92. The number of nitrogens with one attached hydrogen (secondary N) is 1. The monoisotopic (exact) mass is 340 g/mol. The molecule has 5 nitrogen and oxygen atoms in total. The minimum Gasteiger partial charge on any atom is -0.495 e. The third kappa shape index (κ3) is 5.64. The van der Waals surface area contributed by atoms with Gasteiger partial charge in [0.15, 0.2) is 0 Å². The summed E-state index contributed by atoms with van der Waals surface area (Å²) in [5.74, 6) is 0.229. The van der Waals surface area contributed by atoms with Crippen LogP contribution in [0.2, 0.25) is 0 Å². The number of benzene rings is 2. The van der Waals surface area contributed by atoms with Crippen LogP contribution in [0, 0.1) is 6.92 Å². The van der Waals surface area contributed by atoms with E-state index in [2.05, 4.69) is 5.32 Å². The Balaban J connectivity index is 1.98. The maximum Gasteiger partial charge on any atom is 0.244 e. The highest BCUT2D eigenvalue weighted by Crippen LogP contribution is 2.25. The van der Waals surface area contributed by atoms with Crippen LogP contribution in [0.4, 0.5) is 5.69 Å². The van der Waals surface area contributed by atoms with Crippen LogP contribution in [-0.2, 0) is 16.0 Å². The van der Waals surface area contributed by atoms with E-state index in [0.717, 1.165) is 11.1 Å². The molecular weight excluding hydrogens is 316 g/mol. The van der Waals surface area contributed by atoms with Gasteiger partial charge >= 0.3 is 0 Å². The van der Waals surface area contributed by atoms with E-state index < -0.39 is 0 Å². The van der Waals surface area contributed by atoms with Crippen molar-refractivity contribution in [3.05, 3.63) is 59.7 Å². The second kappa shape index (κ2) is 8.87. The zero-order valence-corrected chi connectivity index (χ0v) is 14.9. The lowest BCUT2D eigenvalue weighted by atomic mass is 10.1. The van der Waals surface area contributed by atoms with Crippen molar-refractivity contribution in [1.29, 1.82) is 0 Å². The van der Waals surface area contributed by atoms with E-state index in [1.165, 1.54) is 6.92 Å². The summed E-state index contributed by atoms with van der Waals surface area (Å²) in [6, 6.07) is 15.5. The van der Waals surface area contributed by atoms with E-state index >= 15 is 0 Å². The van der Waals surface area contributed by atoms with Crippen molar-refractivity contribution < 1.29 is 14.3 Å². The first-order chi connectivity index (χ1) is 12.0. The van der Waals surface area contributed by atoms with Gasteiger partial charge < -0.3 is 15.0 Å². The van der Waals surface area contributed by atoms with Gasteiger partial charge in [-0.05, 0) is 36.6 Å². The Morgan fingerprint density at radius 1 is 1.12 bits per heavy atom. The zero-order chi connectivity index (χ0) is 18.2. The molecule has 2 rings (SSSR count). The number of methoxy groups -OCH3 is 1. The molecule has 132 valence electrons. The molecule has 2 amide bonds. The standard InChI is InChI=1S/C20H24N2O3/c1-15-9-10-19(25-3)18(13-15)21-20(24)14-22(16(2)23)12-11-17-7-5-4-6-8-17/h4-10,13H,11-12,14H2,1-3H3,(H,21,24). The summed E-state index contributed by atoms with van der Waals surface area (Å²) in [5.41, 5.74) is 2.76. The number of anilines is 1. The summed E-state index contributed by atoms with van der Waals surface area (Å²) in [6.07, 6.45) is 0.710. The van der Waals surface area contributed by atoms with E-state index in [-0.39, 0.29) is 18.4 Å². The molecule has 0 bridgehead atoms. The van der Waals surface area contributed by atoms with Gasteiger partial charge in [-0.2, -0.15) is 0 Å². The maximum absolute atomic E-state index is 12.4. The zero-order valence-electron chi connectivity index (χ0n) is 14.9. The second-order valence-electron chi connectivity index (χ2n) is 5.93. The first kappa shape index (κ1) is 18.5. The van der Waals surface area contributed by atoms with Crippen molar-refractivity contribution in [3.8, 4) is 5.75 Å². The van der Waals surface area contributed by atoms with Gasteiger partial charge in [-0.15, -0.1) is 0 Å². The molecule has 0 aromatic heterocycles. The smallest absolute Gasteiger partial charge is 0.244 e. The van der Waals surface area contributed by atoms with Crippen LogP contribution in [0.15, 0.2) is 48.5 Å². The third-order valence-corrected chi connectivity index (χ3v) is 3.92. The number of ether oxygens (including phenoxy) is 1. The maximum atomic E-state index is 12.4. The van der Waals surface area contributed by atoms with Crippen molar-refractivity contribution in [1.82, 2.24) is 4.90 Å². The number of hydrogen-bond donors (Lipinski definition) is 1. The van der Waals surface area contributed by atoms with Crippen molar-refractivity contribution in [2.75, 3.05) is 25.5 Å². The summed E-state index contributed by atoms with van der Waals surface area (Å²) in [5, 5.41) is 2.83. The highest BCUT2D eigenvalue weighted by molar-refractivity contribution is 5.95. The number of amides is 2. The van der Waals surface area contributed by atoms with Gasteiger partial charge in [-0.3, -0.25) is 9.59 Å². The highest BCUT2D eigenvalue weighted by Gasteiger charge is 2.15. The molecule has 0 aliphatic carbocycles. The van der Waals surface area contributed by atoms with Crippen molar-refractivity contribution >= 4 is 17.5 Å². The Morgan fingerprint density at radius 2 is 1.84 bits per heavy atom. The molecule has 0 radical (unpaired) electrons. The Labute approximate surface area is 148 Å². The number of aryl methyl sites for hydroxylation is 1. The van der Waals surface area contributed by atoms with E-state index in [1.54, 1.807) is 12.0 Å². The fourth-order valence-electron chi connectivity index (χ4n) is 2.54. The molecule has 0 saturated carbocycles. The lowest BCUT2D eigenvalue weighted by Gasteiger charge is -2.21. The molecule has 25 heavy (non-hydrogen) atoms. The average molecular weight is 340 g/mol. The van der Waals surface area contributed by atoms with E-state index in [9.17, 15) is 9.59 Å². The van der Waals surface area contributed by atoms with Crippen LogP contribution in [-0.4, -0.2) is 36.9 Å². The van der Waals surface area contributed by atoms with Crippen molar-refractivity contribution in [3.63, 3.8) is 0 Å². The molecule has 0 aliphatic heterocycles. The van der Waals surface area contributed by atoms with Crippen LogP contribution in [0.25, 0.3) is 0 Å². The summed E-state index contributed by atoms with van der Waals surface area (Å²) in [6.45, 7) is 3.93. The lowest BCUT2D eigenvalue weighted by molar-refractivity contribution is -0.132. The van der Waals surface area contributed by atoms with E-state index in [0.29, 0.717) is 24.4 Å². The van der Waals surface area contributed by atoms with Gasteiger partial charge in [-0.1, -0.05) is 36.4 Å². The largest absolute Gasteiger partial charge is 0.495 e.